The second-order valence-corrected chi connectivity index (χ2v) is 13.8. The molecule has 4 bridgehead atoms. The number of anilines is 2. The summed E-state index contributed by atoms with van der Waals surface area (Å²) in [5.74, 6) is 3.47. The molecule has 0 radical (unpaired) electrons. The maximum Gasteiger partial charge on any atom is 0.127 e. The van der Waals surface area contributed by atoms with Gasteiger partial charge in [-0.1, -0.05) is 41.5 Å². The lowest BCUT2D eigenvalue weighted by molar-refractivity contribution is 0.142. The summed E-state index contributed by atoms with van der Waals surface area (Å²) in [7, 11) is 0. The molecule has 0 saturated heterocycles. The molecule has 3 nitrogen and oxygen atoms in total. The van der Waals surface area contributed by atoms with E-state index in [-0.39, 0.29) is 0 Å². The third kappa shape index (κ3) is 3.36. The Labute approximate surface area is 212 Å². The fourth-order valence-electron chi connectivity index (χ4n) is 8.62. The molecule has 6 atom stereocenters. The van der Waals surface area contributed by atoms with Crippen LogP contribution >= 0.6 is 0 Å². The highest BCUT2D eigenvalue weighted by Crippen LogP contribution is 2.67. The van der Waals surface area contributed by atoms with Crippen LogP contribution in [0.15, 0.2) is 48.5 Å². The summed E-state index contributed by atoms with van der Waals surface area (Å²) in [5.41, 5.74) is 4.03. The monoisotopic (exact) mass is 472 g/mol. The average molecular weight is 473 g/mol. The van der Waals surface area contributed by atoms with E-state index in [1.165, 1.54) is 49.9 Å². The Morgan fingerprint density at radius 2 is 0.971 bits per heavy atom. The third-order valence-corrected chi connectivity index (χ3v) is 12.2. The molecule has 3 heteroatoms. The number of rotatable bonds is 6. The molecular formula is C32H44N2O. The van der Waals surface area contributed by atoms with Gasteiger partial charge in [0.15, 0.2) is 0 Å². The highest BCUT2D eigenvalue weighted by Gasteiger charge is 2.62. The standard InChI is InChI=1S/C32H44N2O/c1-29(2)21-15-17-31(29,5)27(19-21)33-23-7-11-25(12-8-23)35-26-13-9-24(10-14-26)34-28-20-22-16-18-32(28,6)30(22,3)4/h7-14,21-22,27-28,33-34H,15-20H2,1-6H3/t21-,22-,27-,28-,31+,32+/m1/s1. The van der Waals surface area contributed by atoms with Crippen molar-refractivity contribution in [1.82, 2.24) is 0 Å². The van der Waals surface area contributed by atoms with Gasteiger partial charge >= 0.3 is 0 Å². The van der Waals surface area contributed by atoms with E-state index in [1.54, 1.807) is 0 Å². The van der Waals surface area contributed by atoms with Gasteiger partial charge in [-0.25, -0.2) is 0 Å². The van der Waals surface area contributed by atoms with Crippen LogP contribution in [0.4, 0.5) is 11.4 Å². The van der Waals surface area contributed by atoms with Crippen molar-refractivity contribution in [2.45, 2.75) is 92.2 Å². The Morgan fingerprint density at radius 1 is 0.600 bits per heavy atom. The molecule has 188 valence electrons. The van der Waals surface area contributed by atoms with Gasteiger partial charge in [-0.05, 0) is 121 Å². The molecule has 0 aromatic heterocycles. The molecule has 4 saturated carbocycles. The number of benzene rings is 2. The number of hydrogen-bond donors (Lipinski definition) is 2. The van der Waals surface area contributed by atoms with Gasteiger partial charge in [0, 0.05) is 23.5 Å². The van der Waals surface area contributed by atoms with Crippen molar-refractivity contribution >= 4 is 11.4 Å². The highest BCUT2D eigenvalue weighted by molar-refractivity contribution is 5.51. The zero-order valence-electron chi connectivity index (χ0n) is 22.6. The summed E-state index contributed by atoms with van der Waals surface area (Å²) in [6, 6.07) is 18.2. The molecular weight excluding hydrogens is 428 g/mol. The van der Waals surface area contributed by atoms with E-state index < -0.39 is 0 Å². The molecule has 0 aliphatic heterocycles. The molecule has 2 aromatic carbocycles. The number of nitrogens with one attached hydrogen (secondary N) is 2. The van der Waals surface area contributed by atoms with E-state index in [2.05, 4.69) is 101 Å². The minimum atomic E-state index is 0.383. The van der Waals surface area contributed by atoms with Crippen LogP contribution < -0.4 is 15.4 Å². The minimum Gasteiger partial charge on any atom is -0.457 e. The van der Waals surface area contributed by atoms with Gasteiger partial charge < -0.3 is 15.4 Å². The van der Waals surface area contributed by atoms with Crippen LogP contribution in [0.3, 0.4) is 0 Å². The van der Waals surface area contributed by atoms with Crippen molar-refractivity contribution in [3.8, 4) is 11.5 Å². The molecule has 0 spiro atoms. The van der Waals surface area contributed by atoms with E-state index in [9.17, 15) is 0 Å². The van der Waals surface area contributed by atoms with E-state index in [0.29, 0.717) is 33.7 Å². The van der Waals surface area contributed by atoms with Crippen molar-refractivity contribution in [3.63, 3.8) is 0 Å². The van der Waals surface area contributed by atoms with Crippen LogP contribution in [0, 0.1) is 33.5 Å². The first kappa shape index (κ1) is 23.3. The van der Waals surface area contributed by atoms with E-state index in [1.807, 2.05) is 0 Å². The van der Waals surface area contributed by atoms with Crippen molar-refractivity contribution in [1.29, 1.82) is 0 Å². The molecule has 6 rings (SSSR count). The smallest absolute Gasteiger partial charge is 0.127 e. The predicted octanol–water partition coefficient (Wildman–Crippen LogP) is 8.73. The summed E-state index contributed by atoms with van der Waals surface area (Å²) in [6.07, 6.45) is 8.04. The number of ether oxygens (including phenoxy) is 1. The maximum atomic E-state index is 6.18. The Balaban J connectivity index is 1.07. The van der Waals surface area contributed by atoms with Gasteiger partial charge in [-0.3, -0.25) is 0 Å². The molecule has 0 amide bonds. The van der Waals surface area contributed by atoms with Gasteiger partial charge in [0.1, 0.15) is 11.5 Å². The largest absolute Gasteiger partial charge is 0.457 e. The fourth-order valence-corrected chi connectivity index (χ4v) is 8.62. The SMILES string of the molecule is CC1(C)[C@@H]2CC[C@@]1(C)[C@H](Nc1ccc(Oc3ccc(N[C@@H]4C[C@H]5CC[C@]4(C)C5(C)C)cc3)cc1)C2. The van der Waals surface area contributed by atoms with Crippen LogP contribution in [0.2, 0.25) is 0 Å². The normalized spacial score (nSPS) is 38.0. The van der Waals surface area contributed by atoms with Crippen LogP contribution in [0.25, 0.3) is 0 Å². The summed E-state index contributed by atoms with van der Waals surface area (Å²) < 4.78 is 6.18. The Morgan fingerprint density at radius 3 is 1.26 bits per heavy atom. The lowest BCUT2D eigenvalue weighted by atomic mass is 9.69. The molecule has 0 heterocycles. The van der Waals surface area contributed by atoms with E-state index in [0.717, 1.165) is 23.3 Å². The zero-order valence-corrected chi connectivity index (χ0v) is 22.6. The second kappa shape index (κ2) is 7.67. The Hall–Kier alpha value is -2.16. The summed E-state index contributed by atoms with van der Waals surface area (Å²) in [4.78, 5) is 0. The van der Waals surface area contributed by atoms with Crippen LogP contribution in [0.1, 0.15) is 80.1 Å². The van der Waals surface area contributed by atoms with Crippen molar-refractivity contribution < 1.29 is 4.74 Å². The van der Waals surface area contributed by atoms with E-state index in [4.69, 9.17) is 4.74 Å². The highest BCUT2D eigenvalue weighted by atomic mass is 16.5. The maximum absolute atomic E-state index is 6.18. The molecule has 4 aliphatic rings. The van der Waals surface area contributed by atoms with Crippen LogP contribution in [-0.2, 0) is 0 Å². The molecule has 2 N–H and O–H groups in total. The summed E-state index contributed by atoms with van der Waals surface area (Å²) in [5, 5.41) is 7.72. The van der Waals surface area contributed by atoms with Gasteiger partial charge in [-0.15, -0.1) is 0 Å². The third-order valence-electron chi connectivity index (χ3n) is 12.2. The van der Waals surface area contributed by atoms with Crippen molar-refractivity contribution in [2.24, 2.45) is 33.5 Å². The quantitative estimate of drug-likeness (QED) is 0.441. The van der Waals surface area contributed by atoms with Gasteiger partial charge in [0.2, 0.25) is 0 Å². The fraction of sp³-hybridized carbons (Fsp3) is 0.625. The molecule has 4 fully saturated rings. The molecule has 0 unspecified atom stereocenters. The predicted molar refractivity (Wildman–Crippen MR) is 146 cm³/mol. The van der Waals surface area contributed by atoms with Crippen LogP contribution in [0.5, 0.6) is 11.5 Å². The lowest BCUT2D eigenvalue weighted by Crippen LogP contribution is -2.40. The summed E-state index contributed by atoms with van der Waals surface area (Å²) in [6.45, 7) is 14.9. The summed E-state index contributed by atoms with van der Waals surface area (Å²) >= 11 is 0. The second-order valence-electron chi connectivity index (χ2n) is 13.8. The average Bonchev–Trinajstić information content (AvgIpc) is 3.34. The first-order valence-electron chi connectivity index (χ1n) is 13.9. The van der Waals surface area contributed by atoms with Crippen LogP contribution in [-0.4, -0.2) is 12.1 Å². The molecule has 35 heavy (non-hydrogen) atoms. The van der Waals surface area contributed by atoms with E-state index >= 15 is 0 Å². The van der Waals surface area contributed by atoms with Gasteiger partial charge in [0.05, 0.1) is 0 Å². The molecule has 4 aliphatic carbocycles. The molecule has 2 aromatic rings. The van der Waals surface area contributed by atoms with Gasteiger partial charge in [0.25, 0.3) is 0 Å². The lowest BCUT2D eigenvalue weighted by Gasteiger charge is -2.40. The van der Waals surface area contributed by atoms with Gasteiger partial charge in [-0.2, -0.15) is 0 Å². The Bertz CT molecular complexity index is 1000. The van der Waals surface area contributed by atoms with Crippen molar-refractivity contribution in [2.75, 3.05) is 10.6 Å². The first-order valence-corrected chi connectivity index (χ1v) is 13.9. The first-order chi connectivity index (χ1) is 16.5. The zero-order chi connectivity index (χ0) is 24.6. The van der Waals surface area contributed by atoms with Crippen molar-refractivity contribution in [3.05, 3.63) is 48.5 Å². The number of hydrogen-bond acceptors (Lipinski definition) is 3. The minimum absolute atomic E-state index is 0.383. The topological polar surface area (TPSA) is 33.3 Å². The Kier molecular flexibility index (Phi) is 5.09. The number of fused-ring (bicyclic) bond motifs is 4.